The minimum absolute atomic E-state index is 0.0299. The molecule has 0 fully saturated rings. The number of nitrogens with zero attached hydrogens (tertiary/aromatic N) is 1. The first-order valence-electron chi connectivity index (χ1n) is 7.36. The van der Waals surface area contributed by atoms with Gasteiger partial charge in [-0.05, 0) is 38.4 Å². The number of halogens is 1. The minimum Gasteiger partial charge on any atom is -0.496 e. The molecule has 1 amide bonds. The fourth-order valence-electron chi connectivity index (χ4n) is 2.43. The Labute approximate surface area is 145 Å². The highest BCUT2D eigenvalue weighted by atomic mass is 79.9. The number of ether oxygens (including phenoxy) is 1. The second kappa shape index (κ2) is 8.13. The molecule has 1 N–H and O–H groups in total. The van der Waals surface area contributed by atoms with E-state index in [-0.39, 0.29) is 11.9 Å². The topological polar surface area (TPSA) is 41.6 Å². The summed E-state index contributed by atoms with van der Waals surface area (Å²) in [7, 11) is 5.64. The highest BCUT2D eigenvalue weighted by molar-refractivity contribution is 9.10. The van der Waals surface area contributed by atoms with Gasteiger partial charge in [-0.2, -0.15) is 0 Å². The number of hydrogen-bond acceptors (Lipinski definition) is 3. The van der Waals surface area contributed by atoms with Crippen LogP contribution in [-0.4, -0.2) is 38.6 Å². The Morgan fingerprint density at radius 2 is 1.96 bits per heavy atom. The van der Waals surface area contributed by atoms with E-state index in [0.29, 0.717) is 12.1 Å². The normalized spacial score (nSPS) is 12.0. The summed E-state index contributed by atoms with van der Waals surface area (Å²) in [5.74, 6) is 0.732. The molecule has 0 aliphatic carbocycles. The van der Waals surface area contributed by atoms with E-state index in [1.807, 2.05) is 56.6 Å². The smallest absolute Gasteiger partial charge is 0.251 e. The van der Waals surface area contributed by atoms with Gasteiger partial charge < -0.3 is 15.0 Å². The van der Waals surface area contributed by atoms with Crippen molar-refractivity contribution < 1.29 is 9.53 Å². The summed E-state index contributed by atoms with van der Waals surface area (Å²) in [5.41, 5.74) is 1.69. The lowest BCUT2D eigenvalue weighted by Crippen LogP contribution is -2.34. The molecular formula is C18H21BrN2O2. The van der Waals surface area contributed by atoms with Crippen LogP contribution >= 0.6 is 15.9 Å². The van der Waals surface area contributed by atoms with Gasteiger partial charge in [0.1, 0.15) is 5.75 Å². The van der Waals surface area contributed by atoms with Crippen molar-refractivity contribution in [2.45, 2.75) is 6.04 Å². The molecule has 0 heterocycles. The van der Waals surface area contributed by atoms with Crippen molar-refractivity contribution in [2.75, 3.05) is 27.7 Å². The van der Waals surface area contributed by atoms with Gasteiger partial charge in [0.2, 0.25) is 0 Å². The fourth-order valence-corrected chi connectivity index (χ4v) is 2.83. The molecule has 5 heteroatoms. The van der Waals surface area contributed by atoms with E-state index in [0.717, 1.165) is 15.8 Å². The van der Waals surface area contributed by atoms with Gasteiger partial charge in [-0.15, -0.1) is 0 Å². The van der Waals surface area contributed by atoms with E-state index in [1.54, 1.807) is 13.2 Å². The number of amides is 1. The zero-order chi connectivity index (χ0) is 16.8. The van der Waals surface area contributed by atoms with Gasteiger partial charge in [-0.3, -0.25) is 4.79 Å². The van der Waals surface area contributed by atoms with Gasteiger partial charge in [-0.1, -0.05) is 40.2 Å². The quantitative estimate of drug-likeness (QED) is 0.838. The first-order valence-corrected chi connectivity index (χ1v) is 8.15. The summed E-state index contributed by atoms with van der Waals surface area (Å²) < 4.78 is 6.33. The Hall–Kier alpha value is -1.85. The first-order chi connectivity index (χ1) is 11.0. The van der Waals surface area contributed by atoms with Crippen molar-refractivity contribution >= 4 is 21.8 Å². The number of para-hydroxylation sites is 1. The van der Waals surface area contributed by atoms with E-state index < -0.39 is 0 Å². The number of rotatable bonds is 6. The predicted molar refractivity (Wildman–Crippen MR) is 95.9 cm³/mol. The maximum absolute atomic E-state index is 12.3. The van der Waals surface area contributed by atoms with Crippen LogP contribution in [0.4, 0.5) is 0 Å². The van der Waals surface area contributed by atoms with Crippen LogP contribution in [0.5, 0.6) is 5.75 Å². The van der Waals surface area contributed by atoms with Crippen molar-refractivity contribution in [1.82, 2.24) is 10.2 Å². The molecule has 0 aliphatic rings. The van der Waals surface area contributed by atoms with E-state index >= 15 is 0 Å². The molecule has 0 saturated carbocycles. The van der Waals surface area contributed by atoms with Crippen molar-refractivity contribution in [3.63, 3.8) is 0 Å². The third kappa shape index (κ3) is 4.56. The number of carbonyl (C=O) groups is 1. The summed E-state index contributed by atoms with van der Waals surface area (Å²) in [5, 5.41) is 3.00. The fraction of sp³-hybridized carbons (Fsp3) is 0.278. The summed E-state index contributed by atoms with van der Waals surface area (Å²) in [6.45, 7) is 0.499. The SMILES string of the molecule is COc1ccccc1[C@@H](CNC(=O)c1cccc(Br)c1)N(C)C. The number of methoxy groups -OCH3 is 1. The molecule has 23 heavy (non-hydrogen) atoms. The Morgan fingerprint density at radius 1 is 1.22 bits per heavy atom. The summed E-state index contributed by atoms with van der Waals surface area (Å²) in [4.78, 5) is 14.4. The van der Waals surface area contributed by atoms with Crippen molar-refractivity contribution in [2.24, 2.45) is 0 Å². The Morgan fingerprint density at radius 3 is 2.61 bits per heavy atom. The predicted octanol–water partition coefficient (Wildman–Crippen LogP) is 3.49. The first kappa shape index (κ1) is 17.5. The zero-order valence-corrected chi connectivity index (χ0v) is 15.1. The van der Waals surface area contributed by atoms with Crippen LogP contribution in [0, 0.1) is 0 Å². The molecule has 0 saturated heterocycles. The maximum Gasteiger partial charge on any atom is 0.251 e. The monoisotopic (exact) mass is 376 g/mol. The largest absolute Gasteiger partial charge is 0.496 e. The number of nitrogens with one attached hydrogen (secondary N) is 1. The minimum atomic E-state index is -0.0898. The summed E-state index contributed by atoms with van der Waals surface area (Å²) in [6.07, 6.45) is 0. The van der Waals surface area contributed by atoms with Gasteiger partial charge in [0.05, 0.1) is 13.2 Å². The lowest BCUT2D eigenvalue weighted by Gasteiger charge is -2.26. The number of carbonyl (C=O) groups excluding carboxylic acids is 1. The Bertz CT molecular complexity index is 674. The second-order valence-electron chi connectivity index (χ2n) is 5.44. The lowest BCUT2D eigenvalue weighted by molar-refractivity contribution is 0.0941. The molecular weight excluding hydrogens is 356 g/mol. The van der Waals surface area contributed by atoms with Gasteiger partial charge >= 0.3 is 0 Å². The highest BCUT2D eigenvalue weighted by Crippen LogP contribution is 2.27. The zero-order valence-electron chi connectivity index (χ0n) is 13.5. The average Bonchev–Trinajstić information content (AvgIpc) is 2.55. The average molecular weight is 377 g/mol. The number of benzene rings is 2. The molecule has 2 rings (SSSR count). The molecule has 0 aromatic heterocycles. The van der Waals surface area contributed by atoms with Crippen molar-refractivity contribution in [3.05, 3.63) is 64.1 Å². The standard InChI is InChI=1S/C18H21BrN2O2/c1-21(2)16(15-9-4-5-10-17(15)23-3)12-20-18(22)13-7-6-8-14(19)11-13/h4-11,16H,12H2,1-3H3,(H,20,22)/t16-/m1/s1. The number of likely N-dealkylation sites (N-methyl/N-ethyl adjacent to an activating group) is 1. The molecule has 1 atom stereocenters. The third-order valence-corrected chi connectivity index (χ3v) is 4.16. The molecule has 0 radical (unpaired) electrons. The van der Waals surface area contributed by atoms with E-state index in [4.69, 9.17) is 4.74 Å². The maximum atomic E-state index is 12.3. The van der Waals surface area contributed by atoms with Crippen LogP contribution in [0.1, 0.15) is 22.0 Å². The van der Waals surface area contributed by atoms with E-state index in [9.17, 15) is 4.79 Å². The van der Waals surface area contributed by atoms with Gasteiger partial charge in [0, 0.05) is 22.1 Å². The molecule has 0 bridgehead atoms. The Balaban J connectivity index is 2.13. The van der Waals surface area contributed by atoms with Crippen LogP contribution < -0.4 is 10.1 Å². The van der Waals surface area contributed by atoms with Crippen LogP contribution in [-0.2, 0) is 0 Å². The van der Waals surface area contributed by atoms with Crippen molar-refractivity contribution in [1.29, 1.82) is 0 Å². The molecule has 0 spiro atoms. The van der Waals surface area contributed by atoms with Crippen LogP contribution in [0.2, 0.25) is 0 Å². The van der Waals surface area contributed by atoms with Gasteiger partial charge in [0.15, 0.2) is 0 Å². The molecule has 122 valence electrons. The van der Waals surface area contributed by atoms with Crippen molar-refractivity contribution in [3.8, 4) is 5.75 Å². The molecule has 4 nitrogen and oxygen atoms in total. The van der Waals surface area contributed by atoms with Crippen LogP contribution in [0.3, 0.4) is 0 Å². The second-order valence-corrected chi connectivity index (χ2v) is 6.36. The molecule has 2 aromatic rings. The molecule has 0 aliphatic heterocycles. The highest BCUT2D eigenvalue weighted by Gasteiger charge is 2.19. The summed E-state index contributed by atoms with van der Waals surface area (Å²) >= 11 is 3.38. The van der Waals surface area contributed by atoms with Crippen LogP contribution in [0.15, 0.2) is 53.0 Å². The molecule has 2 aromatic carbocycles. The summed E-state index contributed by atoms with van der Waals surface area (Å²) in [6, 6.07) is 15.3. The lowest BCUT2D eigenvalue weighted by atomic mass is 10.0. The van der Waals surface area contributed by atoms with E-state index in [2.05, 4.69) is 26.1 Å². The molecule has 0 unspecified atom stereocenters. The number of hydrogen-bond donors (Lipinski definition) is 1. The Kier molecular flexibility index (Phi) is 6.19. The van der Waals surface area contributed by atoms with E-state index in [1.165, 1.54) is 0 Å². The van der Waals surface area contributed by atoms with Crippen LogP contribution in [0.25, 0.3) is 0 Å². The van der Waals surface area contributed by atoms with Gasteiger partial charge in [-0.25, -0.2) is 0 Å². The third-order valence-electron chi connectivity index (χ3n) is 3.66. The van der Waals surface area contributed by atoms with Gasteiger partial charge in [0.25, 0.3) is 5.91 Å².